The van der Waals surface area contributed by atoms with Gasteiger partial charge in [0.05, 0.1) is 6.54 Å². The summed E-state index contributed by atoms with van der Waals surface area (Å²) in [4.78, 5) is 1.01. The lowest BCUT2D eigenvalue weighted by Crippen LogP contribution is -2.29. The molecular formula is C14H20N2O3S2. The van der Waals surface area contributed by atoms with Gasteiger partial charge >= 0.3 is 0 Å². The van der Waals surface area contributed by atoms with Crippen molar-refractivity contribution in [2.24, 2.45) is 0 Å². The lowest BCUT2D eigenvalue weighted by Gasteiger charge is -2.18. The van der Waals surface area contributed by atoms with Gasteiger partial charge in [0.25, 0.3) is 10.0 Å². The van der Waals surface area contributed by atoms with E-state index in [0.717, 1.165) is 11.4 Å². The average Bonchev–Trinajstić information content (AvgIpc) is 3.13. The second-order valence-corrected chi connectivity index (χ2v) is 7.41. The Kier molecular flexibility index (Phi) is 5.58. The summed E-state index contributed by atoms with van der Waals surface area (Å²) in [5.74, 6) is 0.627. The fourth-order valence-corrected chi connectivity index (χ4v) is 4.07. The average molecular weight is 328 g/mol. The van der Waals surface area contributed by atoms with Crippen molar-refractivity contribution >= 4 is 21.4 Å². The normalized spacial score (nSPS) is 12.1. The van der Waals surface area contributed by atoms with E-state index in [-0.39, 0.29) is 5.09 Å². The molecule has 2 aromatic heterocycles. The summed E-state index contributed by atoms with van der Waals surface area (Å²) in [7, 11) is -3.59. The van der Waals surface area contributed by atoms with Gasteiger partial charge in [-0.1, -0.05) is 19.9 Å². The predicted molar refractivity (Wildman–Crippen MR) is 83.7 cm³/mol. The quantitative estimate of drug-likeness (QED) is 0.809. The van der Waals surface area contributed by atoms with Gasteiger partial charge in [0.1, 0.15) is 5.76 Å². The largest absolute Gasteiger partial charge is 0.447 e. The molecule has 5 nitrogen and oxygen atoms in total. The summed E-state index contributed by atoms with van der Waals surface area (Å²) in [6.07, 6.45) is 0. The fraction of sp³-hybridized carbons (Fsp3) is 0.429. The number of thiophene rings is 1. The molecule has 116 valence electrons. The number of hydrogen-bond donors (Lipinski definition) is 1. The van der Waals surface area contributed by atoms with E-state index in [9.17, 15) is 8.42 Å². The maximum atomic E-state index is 12.6. The van der Waals surface area contributed by atoms with Gasteiger partial charge in [-0.15, -0.1) is 11.3 Å². The monoisotopic (exact) mass is 328 g/mol. The molecular weight excluding hydrogens is 308 g/mol. The minimum atomic E-state index is -3.59. The molecule has 0 spiro atoms. The molecule has 0 aliphatic heterocycles. The fourth-order valence-electron chi connectivity index (χ4n) is 1.91. The predicted octanol–water partition coefficient (Wildman–Crippen LogP) is 2.66. The van der Waals surface area contributed by atoms with E-state index < -0.39 is 10.0 Å². The molecule has 0 atom stereocenters. The van der Waals surface area contributed by atoms with Crippen molar-refractivity contribution in [2.75, 3.05) is 13.1 Å². The van der Waals surface area contributed by atoms with Gasteiger partial charge < -0.3 is 9.73 Å². The van der Waals surface area contributed by atoms with E-state index in [1.807, 2.05) is 31.4 Å². The summed E-state index contributed by atoms with van der Waals surface area (Å²) in [6, 6.07) is 7.08. The van der Waals surface area contributed by atoms with Crippen LogP contribution in [0.1, 0.15) is 24.5 Å². The molecule has 0 aromatic carbocycles. The molecule has 0 amide bonds. The van der Waals surface area contributed by atoms with Crippen molar-refractivity contribution in [3.63, 3.8) is 0 Å². The van der Waals surface area contributed by atoms with Crippen molar-refractivity contribution in [1.29, 1.82) is 0 Å². The first-order valence-corrected chi connectivity index (χ1v) is 9.21. The number of nitrogens with zero attached hydrogens (tertiary/aromatic N) is 1. The Balaban J connectivity index is 2.16. The van der Waals surface area contributed by atoms with E-state index in [1.54, 1.807) is 17.4 Å². The third-order valence-corrected chi connectivity index (χ3v) is 5.70. The van der Waals surface area contributed by atoms with Crippen LogP contribution in [0.3, 0.4) is 0 Å². The number of rotatable bonds is 8. The lowest BCUT2D eigenvalue weighted by molar-refractivity contribution is 0.368. The Labute approximate surface area is 129 Å². The second-order valence-electron chi connectivity index (χ2n) is 4.51. The van der Waals surface area contributed by atoms with E-state index >= 15 is 0 Å². The summed E-state index contributed by atoms with van der Waals surface area (Å²) < 4.78 is 32.1. The SMILES string of the molecule is CCNCc1ccc(S(=O)(=O)N(CC)Cc2cccs2)o1. The Morgan fingerprint density at radius 3 is 2.71 bits per heavy atom. The summed E-state index contributed by atoms with van der Waals surface area (Å²) in [6.45, 7) is 5.93. The minimum Gasteiger partial charge on any atom is -0.447 e. The molecule has 0 saturated heterocycles. The zero-order valence-corrected chi connectivity index (χ0v) is 13.8. The topological polar surface area (TPSA) is 62.6 Å². The van der Waals surface area contributed by atoms with Gasteiger partial charge in [-0.2, -0.15) is 4.31 Å². The molecule has 2 heterocycles. The van der Waals surface area contributed by atoms with Crippen LogP contribution in [0.4, 0.5) is 0 Å². The molecule has 0 bridgehead atoms. The Bertz CT molecular complexity index is 648. The molecule has 0 aliphatic carbocycles. The van der Waals surface area contributed by atoms with E-state index in [2.05, 4.69) is 5.32 Å². The molecule has 0 aliphatic rings. The van der Waals surface area contributed by atoms with Crippen LogP contribution in [0.25, 0.3) is 0 Å². The highest BCUT2D eigenvalue weighted by Crippen LogP contribution is 2.22. The van der Waals surface area contributed by atoms with Crippen LogP contribution < -0.4 is 5.32 Å². The number of nitrogens with one attached hydrogen (secondary N) is 1. The molecule has 2 aromatic rings. The van der Waals surface area contributed by atoms with Crippen LogP contribution in [0.15, 0.2) is 39.2 Å². The Hall–Kier alpha value is -1.15. The highest BCUT2D eigenvalue weighted by Gasteiger charge is 2.26. The number of furan rings is 1. The zero-order valence-electron chi connectivity index (χ0n) is 12.2. The highest BCUT2D eigenvalue weighted by molar-refractivity contribution is 7.89. The van der Waals surface area contributed by atoms with Crippen molar-refractivity contribution in [1.82, 2.24) is 9.62 Å². The summed E-state index contributed by atoms with van der Waals surface area (Å²) in [5, 5.41) is 5.06. The standard InChI is InChI=1S/C14H20N2O3S2/c1-3-15-10-12-7-8-14(19-12)21(17,18)16(4-2)11-13-6-5-9-20-13/h5-9,15H,3-4,10-11H2,1-2H3. The van der Waals surface area contributed by atoms with Gasteiger partial charge in [0, 0.05) is 18.0 Å². The first kappa shape index (κ1) is 16.2. The molecule has 2 rings (SSSR count). The Morgan fingerprint density at radius 2 is 2.10 bits per heavy atom. The summed E-state index contributed by atoms with van der Waals surface area (Å²) in [5.41, 5.74) is 0. The van der Waals surface area contributed by atoms with Crippen LogP contribution in [-0.2, 0) is 23.1 Å². The van der Waals surface area contributed by atoms with Gasteiger partial charge in [-0.3, -0.25) is 0 Å². The molecule has 0 radical (unpaired) electrons. The molecule has 21 heavy (non-hydrogen) atoms. The van der Waals surface area contributed by atoms with Gasteiger partial charge in [-0.05, 0) is 30.1 Å². The maximum absolute atomic E-state index is 12.6. The lowest BCUT2D eigenvalue weighted by atomic mass is 10.4. The van der Waals surface area contributed by atoms with Crippen molar-refractivity contribution in [3.05, 3.63) is 40.3 Å². The van der Waals surface area contributed by atoms with Crippen LogP contribution in [0.5, 0.6) is 0 Å². The van der Waals surface area contributed by atoms with Crippen LogP contribution in [0.2, 0.25) is 0 Å². The van der Waals surface area contributed by atoms with Crippen molar-refractivity contribution < 1.29 is 12.8 Å². The molecule has 7 heteroatoms. The van der Waals surface area contributed by atoms with Crippen LogP contribution in [0, 0.1) is 0 Å². The first-order chi connectivity index (χ1) is 10.1. The summed E-state index contributed by atoms with van der Waals surface area (Å²) >= 11 is 1.55. The highest BCUT2D eigenvalue weighted by atomic mass is 32.2. The van der Waals surface area contributed by atoms with Crippen LogP contribution >= 0.6 is 11.3 Å². The van der Waals surface area contributed by atoms with Gasteiger partial charge in [-0.25, -0.2) is 8.42 Å². The van der Waals surface area contributed by atoms with E-state index in [0.29, 0.717) is 25.4 Å². The van der Waals surface area contributed by atoms with E-state index in [1.165, 1.54) is 10.4 Å². The van der Waals surface area contributed by atoms with E-state index in [4.69, 9.17) is 4.42 Å². The molecule has 1 N–H and O–H groups in total. The van der Waals surface area contributed by atoms with Crippen molar-refractivity contribution in [3.8, 4) is 0 Å². The minimum absolute atomic E-state index is 0.00816. The first-order valence-electron chi connectivity index (χ1n) is 6.90. The van der Waals surface area contributed by atoms with Gasteiger partial charge in [0.15, 0.2) is 0 Å². The number of sulfonamides is 1. The molecule has 0 unspecified atom stereocenters. The maximum Gasteiger partial charge on any atom is 0.276 e. The number of hydrogen-bond acceptors (Lipinski definition) is 5. The smallest absolute Gasteiger partial charge is 0.276 e. The Morgan fingerprint density at radius 1 is 1.29 bits per heavy atom. The van der Waals surface area contributed by atoms with Gasteiger partial charge in [0.2, 0.25) is 5.09 Å². The third-order valence-electron chi connectivity index (χ3n) is 3.05. The van der Waals surface area contributed by atoms with Crippen molar-refractivity contribution in [2.45, 2.75) is 32.0 Å². The zero-order chi connectivity index (χ0) is 15.3. The molecule has 0 saturated carbocycles. The van der Waals surface area contributed by atoms with Crippen LogP contribution in [-0.4, -0.2) is 25.8 Å². The second kappa shape index (κ2) is 7.22. The third kappa shape index (κ3) is 3.94. The molecule has 0 fully saturated rings.